The van der Waals surface area contributed by atoms with E-state index in [1.807, 2.05) is 88.3 Å². The molecule has 4 unspecified atom stereocenters. The first-order valence-electron chi connectivity index (χ1n) is 27.6. The van der Waals surface area contributed by atoms with Crippen LogP contribution in [0.5, 0.6) is 5.75 Å². The Morgan fingerprint density at radius 3 is 1.37 bits per heavy atom. The zero-order valence-electron chi connectivity index (χ0n) is 47.0. The van der Waals surface area contributed by atoms with Gasteiger partial charge in [-0.15, -0.1) is 0 Å². The first-order valence-corrected chi connectivity index (χ1v) is 29.1. The predicted molar refractivity (Wildman–Crippen MR) is 317 cm³/mol. The van der Waals surface area contributed by atoms with E-state index < -0.39 is 35.1 Å². The van der Waals surface area contributed by atoms with Gasteiger partial charge in [-0.05, 0) is 121 Å². The van der Waals surface area contributed by atoms with Crippen molar-refractivity contribution in [2.45, 2.75) is 49.4 Å². The molecule has 4 amide bonds. The van der Waals surface area contributed by atoms with Gasteiger partial charge < -0.3 is 34.1 Å². The first kappa shape index (κ1) is 63.8. The van der Waals surface area contributed by atoms with Gasteiger partial charge in [0.1, 0.15) is 23.5 Å². The number of methoxy groups -OCH3 is 1. The molecular formula is C62H61Cl4F8N9O3. The summed E-state index contributed by atoms with van der Waals surface area (Å²) < 4.78 is 112. The van der Waals surface area contributed by atoms with E-state index in [4.69, 9.17) is 51.1 Å². The normalized spacial score (nSPS) is 19.3. The van der Waals surface area contributed by atoms with Gasteiger partial charge in [0.25, 0.3) is 0 Å². The summed E-state index contributed by atoms with van der Waals surface area (Å²) in [7, 11) is 5.26. The van der Waals surface area contributed by atoms with E-state index in [1.54, 1.807) is 47.2 Å². The molecule has 86 heavy (non-hydrogen) atoms. The highest BCUT2D eigenvalue weighted by Gasteiger charge is 2.43. The number of halogens is 12. The Labute approximate surface area is 514 Å². The van der Waals surface area contributed by atoms with E-state index in [1.165, 1.54) is 12.1 Å². The number of piperazine rings is 2. The van der Waals surface area contributed by atoms with Crippen LogP contribution in [0.15, 0.2) is 121 Å². The van der Waals surface area contributed by atoms with E-state index in [9.17, 15) is 50.0 Å². The minimum Gasteiger partial charge on any atom is -0.497 e. The van der Waals surface area contributed by atoms with Crippen LogP contribution >= 0.6 is 46.4 Å². The van der Waals surface area contributed by atoms with Crippen LogP contribution in [0.4, 0.5) is 56.1 Å². The van der Waals surface area contributed by atoms with E-state index in [2.05, 4.69) is 15.9 Å². The van der Waals surface area contributed by atoms with Crippen molar-refractivity contribution >= 4 is 69.8 Å². The number of rotatable bonds is 11. The lowest BCUT2D eigenvalue weighted by Crippen LogP contribution is -2.53. The van der Waals surface area contributed by atoms with E-state index in [0.717, 1.165) is 52.5 Å². The molecule has 4 fully saturated rings. The number of nitrogens with zero attached hydrogens (tertiary/aromatic N) is 9. The average molecular weight is 1270 g/mol. The first-order chi connectivity index (χ1) is 40.9. The largest absolute Gasteiger partial charge is 0.497 e. The second-order valence-electron chi connectivity index (χ2n) is 21.8. The second-order valence-corrected chi connectivity index (χ2v) is 23.4. The number of likely N-dealkylation sites (N-methyl/N-ethyl adjacent to an activating group) is 2. The Bertz CT molecular complexity index is 3430. The standard InChI is InChI=1S/C31H29Cl2F4N5O.C31H32Cl2F4N4O2/c1-39(17-20-6-8-24(27(34)14-20)31(35,36)37)29-19-42(18-23(29)21-7-9-25(32)26(33)15-21)30(43)41-12-10-40(11-13-41)28-5-3-2-4-22(28)16-38;1-38(17-20-3-9-25(28(34)15-20)31(35,36)37)29-19-41(18-24(29)21-4-10-26(32)27(33)16-21)30(42)40-13-11-39(12-14-40)22-5-7-23(43-2)8-6-22/h2-9,14-15,23,29H,10-13,17-19H2,1H3;3-10,15-16,24,29H,11-14,17-19H2,1-2H3. The molecule has 4 heterocycles. The average Bonchev–Trinajstić information content (AvgIpc) is 2.23. The van der Waals surface area contributed by atoms with Gasteiger partial charge in [-0.25, -0.2) is 18.4 Å². The third-order valence-corrected chi connectivity index (χ3v) is 17.9. The van der Waals surface area contributed by atoms with Gasteiger partial charge in [0.05, 0.1) is 49.6 Å². The van der Waals surface area contributed by atoms with Crippen LogP contribution in [-0.4, -0.2) is 153 Å². The van der Waals surface area contributed by atoms with Crippen LogP contribution in [0.3, 0.4) is 0 Å². The van der Waals surface area contributed by atoms with Crippen LogP contribution in [0.2, 0.25) is 20.1 Å². The number of ether oxygens (including phenoxy) is 1. The molecule has 0 bridgehead atoms. The minimum atomic E-state index is -4.77. The maximum absolute atomic E-state index is 14.3. The molecule has 12 nitrogen and oxygen atoms in total. The van der Waals surface area contributed by atoms with Crippen LogP contribution in [0.25, 0.3) is 0 Å². The fraction of sp³-hybridized carbons (Fsp3) is 0.371. The number of hydrogen-bond acceptors (Lipinski definition) is 8. The lowest BCUT2D eigenvalue weighted by atomic mass is 9.93. The highest BCUT2D eigenvalue weighted by molar-refractivity contribution is 6.42. The number of nitriles is 1. The molecule has 4 saturated heterocycles. The van der Waals surface area contributed by atoms with Crippen LogP contribution in [0, 0.1) is 23.0 Å². The summed E-state index contributed by atoms with van der Waals surface area (Å²) in [6, 6.07) is 33.4. The number of alkyl halides is 6. The van der Waals surface area contributed by atoms with Crippen molar-refractivity contribution in [3.8, 4) is 11.8 Å². The van der Waals surface area contributed by atoms with Gasteiger partial charge >= 0.3 is 24.4 Å². The number of likely N-dealkylation sites (tertiary alicyclic amines) is 2. The van der Waals surface area contributed by atoms with Crippen molar-refractivity contribution in [1.82, 2.24) is 29.4 Å². The molecule has 6 aromatic rings. The van der Waals surface area contributed by atoms with Crippen molar-refractivity contribution in [3.05, 3.63) is 192 Å². The van der Waals surface area contributed by atoms with Crippen molar-refractivity contribution in [2.75, 3.05) is 110 Å². The Kier molecular flexibility index (Phi) is 20.1. The predicted octanol–water partition coefficient (Wildman–Crippen LogP) is 13.9. The molecule has 4 aliphatic heterocycles. The molecule has 456 valence electrons. The summed E-state index contributed by atoms with van der Waals surface area (Å²) in [4.78, 5) is 42.9. The number of anilines is 2. The summed E-state index contributed by atoms with van der Waals surface area (Å²) in [6.07, 6.45) is -9.54. The second kappa shape index (κ2) is 27.1. The lowest BCUT2D eigenvalue weighted by molar-refractivity contribution is -0.140. The Morgan fingerprint density at radius 1 is 0.547 bits per heavy atom. The lowest BCUT2D eigenvalue weighted by Gasteiger charge is -2.38. The van der Waals surface area contributed by atoms with E-state index in [-0.39, 0.29) is 49.1 Å². The van der Waals surface area contributed by atoms with Gasteiger partial charge in [-0.3, -0.25) is 9.80 Å². The van der Waals surface area contributed by atoms with Gasteiger partial charge in [-0.1, -0.05) is 82.8 Å². The summed E-state index contributed by atoms with van der Waals surface area (Å²) in [6.45, 7) is 6.56. The number of amides is 4. The molecular weight excluding hydrogens is 1210 g/mol. The molecule has 0 saturated carbocycles. The van der Waals surface area contributed by atoms with Gasteiger partial charge in [-0.2, -0.15) is 31.6 Å². The molecule has 4 atom stereocenters. The summed E-state index contributed by atoms with van der Waals surface area (Å²) in [5.74, 6) is -2.17. The summed E-state index contributed by atoms with van der Waals surface area (Å²) in [5, 5.41) is 11.1. The number of carbonyl (C=O) groups excluding carboxylic acids is 2. The number of carbonyl (C=O) groups is 2. The summed E-state index contributed by atoms with van der Waals surface area (Å²) in [5.41, 5.74) is 2.46. The number of para-hydroxylation sites is 1. The fourth-order valence-corrected chi connectivity index (χ4v) is 12.4. The molecule has 0 aromatic heterocycles. The molecule has 0 aliphatic carbocycles. The highest BCUT2D eigenvalue weighted by Crippen LogP contribution is 2.39. The summed E-state index contributed by atoms with van der Waals surface area (Å²) >= 11 is 25.0. The van der Waals surface area contributed by atoms with Crippen LogP contribution < -0.4 is 14.5 Å². The third-order valence-electron chi connectivity index (χ3n) is 16.4. The maximum Gasteiger partial charge on any atom is 0.419 e. The molecule has 6 aromatic carbocycles. The smallest absolute Gasteiger partial charge is 0.419 e. The fourth-order valence-electron chi connectivity index (χ4n) is 11.8. The molecule has 4 aliphatic rings. The van der Waals surface area contributed by atoms with Gasteiger partial charge in [0.15, 0.2) is 0 Å². The molecule has 10 rings (SSSR count). The van der Waals surface area contributed by atoms with E-state index in [0.29, 0.717) is 115 Å². The number of urea groups is 2. The third kappa shape index (κ3) is 14.8. The molecule has 0 N–H and O–H groups in total. The highest BCUT2D eigenvalue weighted by atomic mass is 35.5. The van der Waals surface area contributed by atoms with E-state index >= 15 is 0 Å². The zero-order chi connectivity index (χ0) is 61.8. The van der Waals surface area contributed by atoms with Crippen LogP contribution in [-0.2, 0) is 25.4 Å². The number of hydrogen-bond donors (Lipinski definition) is 0. The van der Waals surface area contributed by atoms with Gasteiger partial charge in [0, 0.05) is 121 Å². The minimum absolute atomic E-state index is 0.0732. The zero-order valence-corrected chi connectivity index (χ0v) is 50.1. The SMILES string of the molecule is CN(Cc1ccc(C(F)(F)F)c(F)c1)C1CN(C(=O)N2CCN(c3ccccc3C#N)CC2)CC1c1ccc(Cl)c(Cl)c1.COc1ccc(N2CCN(C(=O)N3CC(c4ccc(Cl)c(Cl)c4)C(N(C)Cc4ccc(C(F)(F)F)c(F)c4)C3)CC2)cc1. The Balaban J connectivity index is 0.000000205. The molecule has 0 spiro atoms. The van der Waals surface area contributed by atoms with Crippen molar-refractivity contribution < 1.29 is 49.4 Å². The van der Waals surface area contributed by atoms with Crippen LogP contribution in [0.1, 0.15) is 50.8 Å². The Hall–Kier alpha value is -6.73. The quantitative estimate of drug-likeness (QED) is 0.118. The van der Waals surface area contributed by atoms with Crippen molar-refractivity contribution in [1.29, 1.82) is 5.26 Å². The monoisotopic (exact) mass is 1270 g/mol. The van der Waals surface area contributed by atoms with Crippen molar-refractivity contribution in [3.63, 3.8) is 0 Å². The number of benzene rings is 6. The topological polar surface area (TPSA) is 93.1 Å². The Morgan fingerprint density at radius 2 is 0.977 bits per heavy atom. The van der Waals surface area contributed by atoms with Gasteiger partial charge in [0.2, 0.25) is 0 Å². The molecule has 24 heteroatoms. The molecule has 0 radical (unpaired) electrons. The maximum atomic E-state index is 14.3. The van der Waals surface area contributed by atoms with Crippen molar-refractivity contribution in [2.24, 2.45) is 0 Å².